The Balaban J connectivity index is 2.11. The van der Waals surface area contributed by atoms with Crippen molar-refractivity contribution in [1.82, 2.24) is 0 Å². The molecule has 1 fully saturated rings. The lowest BCUT2D eigenvalue weighted by Crippen LogP contribution is -2.36. The van der Waals surface area contributed by atoms with Crippen LogP contribution in [0.5, 0.6) is 5.75 Å². The molecule has 0 unspecified atom stereocenters. The molecule has 0 radical (unpaired) electrons. The first kappa shape index (κ1) is 14.9. The van der Waals surface area contributed by atoms with Crippen LogP contribution in [0.3, 0.4) is 0 Å². The molecule has 1 aromatic rings. The Morgan fingerprint density at radius 3 is 2.45 bits per heavy atom. The van der Waals surface area contributed by atoms with Crippen LogP contribution in [0.15, 0.2) is 24.3 Å². The Morgan fingerprint density at radius 1 is 1.20 bits per heavy atom. The molecule has 1 saturated carbocycles. The van der Waals surface area contributed by atoms with Gasteiger partial charge < -0.3 is 10.0 Å². The summed E-state index contributed by atoms with van der Waals surface area (Å²) in [6.45, 7) is 2.64. The van der Waals surface area contributed by atoms with Gasteiger partial charge in [0.05, 0.1) is 0 Å². The summed E-state index contributed by atoms with van der Waals surface area (Å²) in [7, 11) is 0. The summed E-state index contributed by atoms with van der Waals surface area (Å²) >= 11 is 0. The minimum atomic E-state index is 0.151. The predicted molar refractivity (Wildman–Crippen MR) is 81.9 cm³/mol. The van der Waals surface area contributed by atoms with Crippen molar-refractivity contribution in [1.29, 1.82) is 0 Å². The zero-order chi connectivity index (χ0) is 14.4. The van der Waals surface area contributed by atoms with E-state index in [0.717, 1.165) is 31.4 Å². The average molecular weight is 275 g/mol. The second-order valence-corrected chi connectivity index (χ2v) is 5.64. The van der Waals surface area contributed by atoms with Gasteiger partial charge in [-0.2, -0.15) is 0 Å². The molecule has 1 N–H and O–H groups in total. The number of amides is 1. The fourth-order valence-corrected chi connectivity index (χ4v) is 3.05. The van der Waals surface area contributed by atoms with Crippen molar-refractivity contribution < 1.29 is 9.90 Å². The van der Waals surface area contributed by atoms with Gasteiger partial charge in [-0.1, -0.05) is 38.2 Å². The monoisotopic (exact) mass is 275 g/mol. The number of phenolic OH excluding ortho intramolecular Hbond substituents is 1. The van der Waals surface area contributed by atoms with Crippen LogP contribution in [0, 0.1) is 5.92 Å². The Morgan fingerprint density at radius 2 is 1.85 bits per heavy atom. The molecule has 3 heteroatoms. The van der Waals surface area contributed by atoms with Crippen molar-refractivity contribution in [3.8, 4) is 5.75 Å². The number of carbonyl (C=O) groups excluding carboxylic acids is 1. The molecule has 2 rings (SSSR count). The molecular formula is C17H25NO2. The number of carbonyl (C=O) groups is 1. The second-order valence-electron chi connectivity index (χ2n) is 5.64. The van der Waals surface area contributed by atoms with Gasteiger partial charge in [-0.3, -0.25) is 4.79 Å². The Bertz CT molecular complexity index is 436. The van der Waals surface area contributed by atoms with Gasteiger partial charge in [-0.25, -0.2) is 0 Å². The van der Waals surface area contributed by atoms with E-state index in [9.17, 15) is 9.90 Å². The van der Waals surface area contributed by atoms with Gasteiger partial charge >= 0.3 is 0 Å². The molecule has 0 atom stereocenters. The molecule has 0 aliphatic heterocycles. The Labute approximate surface area is 121 Å². The van der Waals surface area contributed by atoms with Gasteiger partial charge in [-0.05, 0) is 31.9 Å². The molecular weight excluding hydrogens is 250 g/mol. The summed E-state index contributed by atoms with van der Waals surface area (Å²) in [6.07, 6.45) is 8.15. The number of rotatable bonds is 3. The summed E-state index contributed by atoms with van der Waals surface area (Å²) < 4.78 is 0. The van der Waals surface area contributed by atoms with Crippen LogP contribution in [-0.2, 0) is 4.79 Å². The van der Waals surface area contributed by atoms with Crippen molar-refractivity contribution in [2.45, 2.75) is 51.9 Å². The standard InChI is InChI=1S/C17H25NO2/c1-2-18(15-11-8-12-16(19)13-15)17(20)14-9-6-4-3-5-7-10-14/h8,11-14,19H,2-7,9-10H2,1H3. The fraction of sp³-hybridized carbons (Fsp3) is 0.588. The Hall–Kier alpha value is -1.51. The van der Waals surface area contributed by atoms with Gasteiger partial charge in [0, 0.05) is 24.2 Å². The van der Waals surface area contributed by atoms with E-state index in [0.29, 0.717) is 6.54 Å². The van der Waals surface area contributed by atoms with E-state index in [4.69, 9.17) is 0 Å². The van der Waals surface area contributed by atoms with Crippen LogP contribution < -0.4 is 4.90 Å². The third kappa shape index (κ3) is 3.75. The highest BCUT2D eigenvalue weighted by atomic mass is 16.3. The lowest BCUT2D eigenvalue weighted by molar-refractivity contribution is -0.123. The highest BCUT2D eigenvalue weighted by molar-refractivity contribution is 5.95. The molecule has 0 saturated heterocycles. The summed E-state index contributed by atoms with van der Waals surface area (Å²) in [6, 6.07) is 6.99. The number of aromatic hydroxyl groups is 1. The van der Waals surface area contributed by atoms with E-state index >= 15 is 0 Å². The minimum absolute atomic E-state index is 0.151. The molecule has 0 aromatic heterocycles. The Kier molecular flexibility index (Phi) is 5.45. The van der Waals surface area contributed by atoms with Gasteiger partial charge in [0.15, 0.2) is 0 Å². The molecule has 1 amide bonds. The maximum atomic E-state index is 12.8. The van der Waals surface area contributed by atoms with Crippen molar-refractivity contribution in [2.24, 2.45) is 5.92 Å². The molecule has 3 nitrogen and oxygen atoms in total. The van der Waals surface area contributed by atoms with Gasteiger partial charge in [0.25, 0.3) is 0 Å². The van der Waals surface area contributed by atoms with E-state index < -0.39 is 0 Å². The lowest BCUT2D eigenvalue weighted by Gasteiger charge is -2.27. The molecule has 0 heterocycles. The summed E-state index contributed by atoms with van der Waals surface area (Å²) in [5.41, 5.74) is 0.805. The number of anilines is 1. The highest BCUT2D eigenvalue weighted by Gasteiger charge is 2.24. The smallest absolute Gasteiger partial charge is 0.230 e. The molecule has 1 aliphatic carbocycles. The number of hydrogen-bond acceptors (Lipinski definition) is 2. The topological polar surface area (TPSA) is 40.5 Å². The van der Waals surface area contributed by atoms with Crippen LogP contribution in [0.1, 0.15) is 51.9 Å². The van der Waals surface area contributed by atoms with E-state index in [-0.39, 0.29) is 17.6 Å². The minimum Gasteiger partial charge on any atom is -0.508 e. The number of benzene rings is 1. The van der Waals surface area contributed by atoms with E-state index in [2.05, 4.69) is 0 Å². The lowest BCUT2D eigenvalue weighted by atomic mass is 9.90. The normalized spacial score (nSPS) is 17.2. The molecule has 1 aliphatic rings. The fourth-order valence-electron chi connectivity index (χ4n) is 3.05. The molecule has 0 bridgehead atoms. The maximum Gasteiger partial charge on any atom is 0.230 e. The van der Waals surface area contributed by atoms with Crippen LogP contribution >= 0.6 is 0 Å². The predicted octanol–water partition coefficient (Wildman–Crippen LogP) is 4.11. The molecule has 20 heavy (non-hydrogen) atoms. The van der Waals surface area contributed by atoms with Crippen molar-refractivity contribution in [2.75, 3.05) is 11.4 Å². The van der Waals surface area contributed by atoms with Crippen molar-refractivity contribution in [3.63, 3.8) is 0 Å². The highest BCUT2D eigenvalue weighted by Crippen LogP contribution is 2.27. The van der Waals surface area contributed by atoms with Crippen LogP contribution in [-0.4, -0.2) is 17.6 Å². The first-order chi connectivity index (χ1) is 9.72. The average Bonchev–Trinajstić information content (AvgIpc) is 2.39. The molecule has 110 valence electrons. The number of nitrogens with zero attached hydrogens (tertiary/aromatic N) is 1. The van der Waals surface area contributed by atoms with Gasteiger partial charge in [0.1, 0.15) is 5.75 Å². The van der Waals surface area contributed by atoms with Crippen LogP contribution in [0.25, 0.3) is 0 Å². The zero-order valence-corrected chi connectivity index (χ0v) is 12.3. The van der Waals surface area contributed by atoms with Crippen LogP contribution in [0.2, 0.25) is 0 Å². The SMILES string of the molecule is CCN(C(=O)C1CCCCCCC1)c1cccc(O)c1. The quantitative estimate of drug-likeness (QED) is 0.902. The van der Waals surface area contributed by atoms with E-state index in [1.807, 2.05) is 17.9 Å². The van der Waals surface area contributed by atoms with E-state index in [1.165, 1.54) is 19.3 Å². The second kappa shape index (κ2) is 7.32. The van der Waals surface area contributed by atoms with Crippen LogP contribution in [0.4, 0.5) is 5.69 Å². The molecule has 0 spiro atoms. The zero-order valence-electron chi connectivity index (χ0n) is 12.3. The summed E-state index contributed by atoms with van der Waals surface area (Å²) in [4.78, 5) is 14.6. The van der Waals surface area contributed by atoms with Gasteiger partial charge in [-0.15, -0.1) is 0 Å². The maximum absolute atomic E-state index is 12.8. The summed E-state index contributed by atoms with van der Waals surface area (Å²) in [5, 5.41) is 9.59. The largest absolute Gasteiger partial charge is 0.508 e. The van der Waals surface area contributed by atoms with Crippen molar-refractivity contribution in [3.05, 3.63) is 24.3 Å². The summed E-state index contributed by atoms with van der Waals surface area (Å²) in [5.74, 6) is 0.587. The number of hydrogen-bond donors (Lipinski definition) is 1. The first-order valence-electron chi connectivity index (χ1n) is 7.82. The number of phenols is 1. The van der Waals surface area contributed by atoms with E-state index in [1.54, 1.807) is 18.2 Å². The third-order valence-electron chi connectivity index (χ3n) is 4.18. The molecule has 1 aromatic carbocycles. The first-order valence-corrected chi connectivity index (χ1v) is 7.82. The third-order valence-corrected chi connectivity index (χ3v) is 4.18. The van der Waals surface area contributed by atoms with Crippen molar-refractivity contribution >= 4 is 11.6 Å². The van der Waals surface area contributed by atoms with Gasteiger partial charge in [0.2, 0.25) is 5.91 Å².